The number of carbonyl (C=O) groups is 3. The Hall–Kier alpha value is -1.67. The maximum atomic E-state index is 11.7. The van der Waals surface area contributed by atoms with Crippen LogP contribution in [-0.2, 0) is 19.1 Å². The molecule has 1 heterocycles. The van der Waals surface area contributed by atoms with Gasteiger partial charge in [0.05, 0.1) is 12.7 Å². The minimum atomic E-state index is -1.17. The third kappa shape index (κ3) is 5.66. The van der Waals surface area contributed by atoms with Crippen LogP contribution in [0.4, 0.5) is 4.79 Å². The molecule has 0 aromatic rings. The summed E-state index contributed by atoms with van der Waals surface area (Å²) in [4.78, 5) is 34.7. The van der Waals surface area contributed by atoms with Gasteiger partial charge in [0.15, 0.2) is 0 Å². The van der Waals surface area contributed by atoms with Crippen molar-refractivity contribution in [3.05, 3.63) is 0 Å². The fourth-order valence-corrected chi connectivity index (χ4v) is 1.62. The molecule has 1 saturated heterocycles. The van der Waals surface area contributed by atoms with Gasteiger partial charge in [-0.25, -0.2) is 9.59 Å². The van der Waals surface area contributed by atoms with Gasteiger partial charge in [-0.3, -0.25) is 10.1 Å². The second-order valence-corrected chi connectivity index (χ2v) is 4.09. The molecule has 3 amide bonds. The van der Waals surface area contributed by atoms with E-state index in [4.69, 9.17) is 9.84 Å². The monoisotopic (exact) mass is 274 g/mol. The lowest BCUT2D eigenvalue weighted by atomic mass is 10.2. The molecule has 1 unspecified atom stereocenters. The van der Waals surface area contributed by atoms with Crippen LogP contribution < -0.4 is 5.32 Å². The van der Waals surface area contributed by atoms with Gasteiger partial charge in [-0.05, 0) is 6.42 Å². The summed E-state index contributed by atoms with van der Waals surface area (Å²) in [5.74, 6) is -1.83. The number of ether oxygens (including phenoxy) is 2. The molecule has 2 N–H and O–H groups in total. The number of nitrogens with zero attached hydrogens (tertiary/aromatic N) is 1. The summed E-state index contributed by atoms with van der Waals surface area (Å²) in [6, 6.07) is -0.509. The fourth-order valence-electron chi connectivity index (χ4n) is 1.62. The van der Waals surface area contributed by atoms with E-state index in [9.17, 15) is 14.4 Å². The summed E-state index contributed by atoms with van der Waals surface area (Å²) in [5, 5.41) is 10.5. The first kappa shape index (κ1) is 15.4. The van der Waals surface area contributed by atoms with Crippen LogP contribution >= 0.6 is 0 Å². The Morgan fingerprint density at radius 1 is 1.42 bits per heavy atom. The highest BCUT2D eigenvalue weighted by Crippen LogP contribution is 2.07. The molecule has 0 radical (unpaired) electrons. The summed E-state index contributed by atoms with van der Waals surface area (Å²) in [5.41, 5.74) is 0. The maximum Gasteiger partial charge on any atom is 0.329 e. The van der Waals surface area contributed by atoms with Crippen LogP contribution in [0.2, 0.25) is 0 Å². The van der Waals surface area contributed by atoms with Crippen molar-refractivity contribution >= 4 is 17.9 Å². The smallest absolute Gasteiger partial charge is 0.329 e. The molecule has 0 bridgehead atoms. The Morgan fingerprint density at radius 2 is 2.16 bits per heavy atom. The number of nitrogens with one attached hydrogen (secondary N) is 1. The van der Waals surface area contributed by atoms with Crippen LogP contribution in [0.25, 0.3) is 0 Å². The van der Waals surface area contributed by atoms with Crippen LogP contribution in [0.1, 0.15) is 13.3 Å². The number of morpholine rings is 1. The predicted octanol–water partition coefficient (Wildman–Crippen LogP) is -0.565. The molecule has 0 spiro atoms. The van der Waals surface area contributed by atoms with Gasteiger partial charge in [0.1, 0.15) is 13.2 Å². The standard InChI is InChI=1S/C11H18N2O6/c1-2-8-5-13(3-4-19-8)11(17)12-9(14)6-18-7-10(15)16/h8H,2-7H2,1H3,(H,15,16)(H,12,14,17). The molecule has 0 saturated carbocycles. The predicted molar refractivity (Wildman–Crippen MR) is 63.6 cm³/mol. The molecule has 8 nitrogen and oxygen atoms in total. The fraction of sp³-hybridized carbons (Fsp3) is 0.727. The third-order valence-electron chi connectivity index (χ3n) is 2.59. The van der Waals surface area contributed by atoms with Gasteiger partial charge < -0.3 is 19.5 Å². The average molecular weight is 274 g/mol. The number of aliphatic carboxylic acids is 1. The Kier molecular flexibility index (Phi) is 6.23. The van der Waals surface area contributed by atoms with E-state index in [1.165, 1.54) is 4.90 Å². The van der Waals surface area contributed by atoms with E-state index < -0.39 is 31.1 Å². The van der Waals surface area contributed by atoms with Crippen LogP contribution in [0, 0.1) is 0 Å². The zero-order chi connectivity index (χ0) is 14.3. The van der Waals surface area contributed by atoms with Crippen molar-refractivity contribution in [1.82, 2.24) is 10.2 Å². The van der Waals surface area contributed by atoms with E-state index in [-0.39, 0.29) is 6.10 Å². The first-order chi connectivity index (χ1) is 9.02. The average Bonchev–Trinajstić information content (AvgIpc) is 2.38. The lowest BCUT2D eigenvalue weighted by Gasteiger charge is -2.32. The van der Waals surface area contributed by atoms with Crippen LogP contribution in [-0.4, -0.2) is 66.9 Å². The van der Waals surface area contributed by atoms with Gasteiger partial charge in [-0.2, -0.15) is 0 Å². The number of carbonyl (C=O) groups excluding carboxylic acids is 2. The van der Waals surface area contributed by atoms with Crippen molar-refractivity contribution in [2.45, 2.75) is 19.4 Å². The Morgan fingerprint density at radius 3 is 2.79 bits per heavy atom. The number of rotatable bonds is 5. The van der Waals surface area contributed by atoms with Crippen LogP contribution in [0.5, 0.6) is 0 Å². The lowest BCUT2D eigenvalue weighted by molar-refractivity contribution is -0.143. The highest BCUT2D eigenvalue weighted by atomic mass is 16.5. The number of carboxylic acids is 1. The zero-order valence-electron chi connectivity index (χ0n) is 10.8. The summed E-state index contributed by atoms with van der Waals surface area (Å²) >= 11 is 0. The minimum Gasteiger partial charge on any atom is -0.480 e. The number of hydrogen-bond acceptors (Lipinski definition) is 5. The molecule has 1 atom stereocenters. The number of urea groups is 1. The van der Waals surface area contributed by atoms with Crippen molar-refractivity contribution < 1.29 is 29.0 Å². The molecule has 0 aromatic heterocycles. The number of imide groups is 1. The van der Waals surface area contributed by atoms with E-state index in [1.54, 1.807) is 0 Å². The second-order valence-electron chi connectivity index (χ2n) is 4.09. The highest BCUT2D eigenvalue weighted by Gasteiger charge is 2.24. The maximum absolute atomic E-state index is 11.7. The number of carboxylic acid groups (broad SMARTS) is 1. The molecular formula is C11H18N2O6. The molecule has 1 aliphatic heterocycles. The van der Waals surface area contributed by atoms with Gasteiger partial charge >= 0.3 is 12.0 Å². The number of amides is 3. The molecule has 8 heteroatoms. The van der Waals surface area contributed by atoms with E-state index in [2.05, 4.69) is 10.1 Å². The van der Waals surface area contributed by atoms with Crippen molar-refractivity contribution in [2.24, 2.45) is 0 Å². The molecular weight excluding hydrogens is 256 g/mol. The molecule has 0 aromatic carbocycles. The van der Waals surface area contributed by atoms with Crippen LogP contribution in [0.3, 0.4) is 0 Å². The van der Waals surface area contributed by atoms with Gasteiger partial charge in [0.25, 0.3) is 5.91 Å². The van der Waals surface area contributed by atoms with Gasteiger partial charge in [0.2, 0.25) is 0 Å². The molecule has 19 heavy (non-hydrogen) atoms. The zero-order valence-corrected chi connectivity index (χ0v) is 10.8. The Labute approximate surface area is 110 Å². The molecule has 1 rings (SSSR count). The summed E-state index contributed by atoms with van der Waals surface area (Å²) in [6.45, 7) is 2.22. The number of hydrogen-bond donors (Lipinski definition) is 2. The van der Waals surface area contributed by atoms with E-state index in [1.807, 2.05) is 6.92 Å². The largest absolute Gasteiger partial charge is 0.480 e. The van der Waals surface area contributed by atoms with Crippen molar-refractivity contribution in [3.8, 4) is 0 Å². The second kappa shape index (κ2) is 7.70. The molecule has 108 valence electrons. The Balaban J connectivity index is 2.29. The van der Waals surface area contributed by atoms with Gasteiger partial charge in [-0.15, -0.1) is 0 Å². The van der Waals surface area contributed by atoms with E-state index in [0.717, 1.165) is 6.42 Å². The van der Waals surface area contributed by atoms with Gasteiger partial charge in [-0.1, -0.05) is 6.92 Å². The summed E-state index contributed by atoms with van der Waals surface area (Å²) in [7, 11) is 0. The first-order valence-electron chi connectivity index (χ1n) is 6.02. The summed E-state index contributed by atoms with van der Waals surface area (Å²) < 4.78 is 9.99. The van der Waals surface area contributed by atoms with Crippen molar-refractivity contribution in [2.75, 3.05) is 32.9 Å². The Bertz CT molecular complexity index is 346. The van der Waals surface area contributed by atoms with Crippen molar-refractivity contribution in [1.29, 1.82) is 0 Å². The summed E-state index contributed by atoms with van der Waals surface area (Å²) in [6.07, 6.45) is 0.775. The van der Waals surface area contributed by atoms with Crippen molar-refractivity contribution in [3.63, 3.8) is 0 Å². The van der Waals surface area contributed by atoms with E-state index >= 15 is 0 Å². The van der Waals surface area contributed by atoms with E-state index in [0.29, 0.717) is 19.7 Å². The van der Waals surface area contributed by atoms with Crippen LogP contribution in [0.15, 0.2) is 0 Å². The van der Waals surface area contributed by atoms with Gasteiger partial charge in [0, 0.05) is 13.1 Å². The normalized spacial score (nSPS) is 19.0. The quantitative estimate of drug-likeness (QED) is 0.696. The third-order valence-corrected chi connectivity index (χ3v) is 2.59. The first-order valence-corrected chi connectivity index (χ1v) is 6.02. The molecule has 0 aliphatic carbocycles. The SMILES string of the molecule is CCC1CN(C(=O)NC(=O)COCC(=O)O)CCO1. The molecule has 1 fully saturated rings. The minimum absolute atomic E-state index is 0.0159. The highest BCUT2D eigenvalue weighted by molar-refractivity contribution is 5.95. The lowest BCUT2D eigenvalue weighted by Crippen LogP contribution is -2.51. The molecule has 1 aliphatic rings. The topological polar surface area (TPSA) is 105 Å².